The third kappa shape index (κ3) is 4.56. The molecule has 0 unspecified atom stereocenters. The van der Waals surface area contributed by atoms with Gasteiger partial charge in [0, 0.05) is 36.7 Å². The molecule has 0 spiro atoms. The molecule has 2 atom stereocenters. The molecule has 4 N–H and O–H groups in total. The summed E-state index contributed by atoms with van der Waals surface area (Å²) >= 11 is 0. The highest BCUT2D eigenvalue weighted by atomic mass is 16.3. The number of piperidine rings is 1. The quantitative estimate of drug-likeness (QED) is 0.450. The van der Waals surface area contributed by atoms with Crippen LogP contribution in [0.1, 0.15) is 17.5 Å². The molecule has 2 aromatic carbocycles. The van der Waals surface area contributed by atoms with E-state index in [0.29, 0.717) is 32.5 Å². The molecule has 0 saturated carbocycles. The number of carbonyl (C=O) groups is 1. The molecule has 30 heavy (non-hydrogen) atoms. The van der Waals surface area contributed by atoms with Crippen LogP contribution in [-0.2, 0) is 17.6 Å². The minimum Gasteiger partial charge on any atom is -0.388 e. The number of aliphatic hydroxyl groups is 2. The van der Waals surface area contributed by atoms with Gasteiger partial charge >= 0.3 is 0 Å². The second-order valence-electron chi connectivity index (χ2n) is 8.16. The molecule has 1 saturated heterocycles. The lowest BCUT2D eigenvalue weighted by Gasteiger charge is -2.42. The van der Waals surface area contributed by atoms with Crippen LogP contribution in [0, 0.1) is 0 Å². The molecule has 1 aromatic heterocycles. The molecular weight excluding hydrogens is 378 g/mol. The van der Waals surface area contributed by atoms with Crippen molar-refractivity contribution in [2.45, 2.75) is 31.0 Å². The number of hydrogen-bond acceptors (Lipinski definition) is 4. The van der Waals surface area contributed by atoms with Gasteiger partial charge in [0.2, 0.25) is 5.91 Å². The molecule has 158 valence electrons. The SMILES string of the molecule is O=C(Cc1ccccc1)N1CC[C@](O)(CNCCc2c[nH]c3ccccc23)[C@@H](O)C1. The van der Waals surface area contributed by atoms with Crippen molar-refractivity contribution in [3.8, 4) is 0 Å². The van der Waals surface area contributed by atoms with Crippen molar-refractivity contribution in [1.82, 2.24) is 15.2 Å². The first-order chi connectivity index (χ1) is 14.5. The number of benzene rings is 2. The summed E-state index contributed by atoms with van der Waals surface area (Å²) in [6.07, 6.45) is 2.56. The normalized spacial score (nSPS) is 21.8. The predicted octanol–water partition coefficient (Wildman–Crippen LogP) is 1.87. The molecule has 3 aromatic rings. The average Bonchev–Trinajstić information content (AvgIpc) is 3.17. The maximum Gasteiger partial charge on any atom is 0.227 e. The standard InChI is InChI=1S/C24H29N3O3/c28-22-16-27(23(29)14-18-6-2-1-3-7-18)13-11-24(22,30)17-25-12-10-19-15-26-21-9-5-4-8-20(19)21/h1-9,15,22,25-26,28,30H,10-14,16-17H2/t22-,24-/m0/s1. The highest BCUT2D eigenvalue weighted by Crippen LogP contribution is 2.23. The topological polar surface area (TPSA) is 88.6 Å². The predicted molar refractivity (Wildman–Crippen MR) is 117 cm³/mol. The van der Waals surface area contributed by atoms with Gasteiger partial charge in [-0.1, -0.05) is 48.5 Å². The Hall–Kier alpha value is -2.67. The van der Waals surface area contributed by atoms with Crippen molar-refractivity contribution in [3.63, 3.8) is 0 Å². The molecule has 6 nitrogen and oxygen atoms in total. The number of aromatic amines is 1. The van der Waals surface area contributed by atoms with Crippen molar-refractivity contribution >= 4 is 16.8 Å². The van der Waals surface area contributed by atoms with Crippen LogP contribution in [0.4, 0.5) is 0 Å². The first kappa shape index (κ1) is 20.6. The van der Waals surface area contributed by atoms with E-state index in [4.69, 9.17) is 0 Å². The number of aromatic nitrogens is 1. The Morgan fingerprint density at radius 2 is 1.93 bits per heavy atom. The molecule has 0 aliphatic carbocycles. The van der Waals surface area contributed by atoms with Gasteiger partial charge in [-0.25, -0.2) is 0 Å². The zero-order chi connectivity index (χ0) is 21.0. The second kappa shape index (κ2) is 9.00. The van der Waals surface area contributed by atoms with Crippen LogP contribution in [0.15, 0.2) is 60.8 Å². The smallest absolute Gasteiger partial charge is 0.227 e. The van der Waals surface area contributed by atoms with Gasteiger partial charge in [0.15, 0.2) is 0 Å². The Kier molecular flexibility index (Phi) is 6.18. The number of β-amino-alcohol motifs (C(OH)–C–C–N with tert-alkyl or cyclic N) is 1. The van der Waals surface area contributed by atoms with E-state index in [1.807, 2.05) is 48.7 Å². The lowest BCUT2D eigenvalue weighted by Crippen LogP contribution is -2.60. The van der Waals surface area contributed by atoms with Crippen molar-refractivity contribution < 1.29 is 15.0 Å². The van der Waals surface area contributed by atoms with Crippen molar-refractivity contribution in [2.75, 3.05) is 26.2 Å². The molecule has 0 radical (unpaired) electrons. The van der Waals surface area contributed by atoms with Crippen LogP contribution in [-0.4, -0.2) is 63.9 Å². The van der Waals surface area contributed by atoms with Gasteiger partial charge in [-0.05, 0) is 36.6 Å². The summed E-state index contributed by atoms with van der Waals surface area (Å²) in [6.45, 7) is 1.61. The molecule has 1 amide bonds. The Labute approximate surface area is 176 Å². The number of aliphatic hydroxyl groups excluding tert-OH is 1. The fourth-order valence-electron chi connectivity index (χ4n) is 4.15. The van der Waals surface area contributed by atoms with E-state index in [9.17, 15) is 15.0 Å². The largest absolute Gasteiger partial charge is 0.388 e. The third-order valence-electron chi connectivity index (χ3n) is 6.06. The van der Waals surface area contributed by atoms with E-state index in [1.54, 1.807) is 4.90 Å². The average molecular weight is 408 g/mol. The van der Waals surface area contributed by atoms with Gasteiger partial charge in [-0.15, -0.1) is 0 Å². The van der Waals surface area contributed by atoms with Gasteiger partial charge < -0.3 is 25.4 Å². The molecule has 1 fully saturated rings. The molecule has 4 rings (SSSR count). The number of hydrogen-bond donors (Lipinski definition) is 4. The maximum atomic E-state index is 12.5. The van der Waals surface area contributed by atoms with E-state index < -0.39 is 11.7 Å². The fourth-order valence-corrected chi connectivity index (χ4v) is 4.15. The summed E-state index contributed by atoms with van der Waals surface area (Å²) in [6, 6.07) is 17.8. The minimum absolute atomic E-state index is 0.0189. The number of fused-ring (bicyclic) bond motifs is 1. The Morgan fingerprint density at radius 3 is 2.73 bits per heavy atom. The lowest BCUT2D eigenvalue weighted by atomic mass is 9.88. The van der Waals surface area contributed by atoms with Crippen LogP contribution >= 0.6 is 0 Å². The Balaban J connectivity index is 1.25. The summed E-state index contributed by atoms with van der Waals surface area (Å²) < 4.78 is 0. The molecule has 1 aliphatic rings. The van der Waals surface area contributed by atoms with Gasteiger partial charge in [0.05, 0.1) is 6.42 Å². The van der Waals surface area contributed by atoms with Crippen LogP contribution in [0.5, 0.6) is 0 Å². The maximum absolute atomic E-state index is 12.5. The highest BCUT2D eigenvalue weighted by Gasteiger charge is 2.41. The number of carbonyl (C=O) groups excluding carboxylic acids is 1. The molecule has 6 heteroatoms. The summed E-state index contributed by atoms with van der Waals surface area (Å²) in [7, 11) is 0. The zero-order valence-electron chi connectivity index (χ0n) is 17.1. The Morgan fingerprint density at radius 1 is 1.17 bits per heavy atom. The molecule has 0 bridgehead atoms. The number of H-pyrrole nitrogens is 1. The second-order valence-corrected chi connectivity index (χ2v) is 8.16. The summed E-state index contributed by atoms with van der Waals surface area (Å²) in [5.74, 6) is -0.0189. The third-order valence-corrected chi connectivity index (χ3v) is 6.06. The molecular formula is C24H29N3O3. The number of nitrogens with zero attached hydrogens (tertiary/aromatic N) is 1. The Bertz CT molecular complexity index is 988. The summed E-state index contributed by atoms with van der Waals surface area (Å²) in [5.41, 5.74) is 2.09. The van der Waals surface area contributed by atoms with Crippen LogP contribution in [0.2, 0.25) is 0 Å². The molecule has 1 aliphatic heterocycles. The van der Waals surface area contributed by atoms with E-state index in [0.717, 1.165) is 17.5 Å². The van der Waals surface area contributed by atoms with Crippen molar-refractivity contribution in [2.24, 2.45) is 0 Å². The van der Waals surface area contributed by atoms with Gasteiger partial charge in [-0.3, -0.25) is 4.79 Å². The highest BCUT2D eigenvalue weighted by molar-refractivity contribution is 5.83. The minimum atomic E-state index is -1.22. The van der Waals surface area contributed by atoms with E-state index in [1.165, 1.54) is 10.9 Å². The van der Waals surface area contributed by atoms with E-state index >= 15 is 0 Å². The van der Waals surface area contributed by atoms with Crippen LogP contribution < -0.4 is 5.32 Å². The zero-order valence-corrected chi connectivity index (χ0v) is 17.1. The number of rotatable bonds is 7. The van der Waals surface area contributed by atoms with Gasteiger partial charge in [0.25, 0.3) is 0 Å². The first-order valence-corrected chi connectivity index (χ1v) is 10.5. The lowest BCUT2D eigenvalue weighted by molar-refractivity contribution is -0.148. The van der Waals surface area contributed by atoms with Crippen molar-refractivity contribution in [1.29, 1.82) is 0 Å². The fraction of sp³-hybridized carbons (Fsp3) is 0.375. The number of likely N-dealkylation sites (tertiary alicyclic amines) is 1. The first-order valence-electron chi connectivity index (χ1n) is 10.5. The van der Waals surface area contributed by atoms with Gasteiger partial charge in [-0.2, -0.15) is 0 Å². The molecule has 2 heterocycles. The van der Waals surface area contributed by atoms with Gasteiger partial charge in [0.1, 0.15) is 11.7 Å². The monoisotopic (exact) mass is 407 g/mol. The summed E-state index contributed by atoms with van der Waals surface area (Å²) in [5, 5.41) is 25.9. The number of para-hydroxylation sites is 1. The number of nitrogens with one attached hydrogen (secondary N) is 2. The van der Waals surface area contributed by atoms with Crippen LogP contribution in [0.25, 0.3) is 10.9 Å². The summed E-state index contributed by atoms with van der Waals surface area (Å²) in [4.78, 5) is 17.5. The van der Waals surface area contributed by atoms with E-state index in [2.05, 4.69) is 22.4 Å². The van der Waals surface area contributed by atoms with E-state index in [-0.39, 0.29) is 12.5 Å². The number of amides is 1. The van der Waals surface area contributed by atoms with Crippen LogP contribution in [0.3, 0.4) is 0 Å². The van der Waals surface area contributed by atoms with Crippen molar-refractivity contribution in [3.05, 3.63) is 71.9 Å².